The third kappa shape index (κ3) is 5.61. The van der Waals surface area contributed by atoms with E-state index in [0.29, 0.717) is 37.3 Å². The molecule has 2 aromatic carbocycles. The molecular formula is C29H33N3O6. The molecule has 0 atom stereocenters. The van der Waals surface area contributed by atoms with Gasteiger partial charge in [-0.1, -0.05) is 52.1 Å². The van der Waals surface area contributed by atoms with Gasteiger partial charge in [0.05, 0.1) is 31.6 Å². The lowest BCUT2D eigenvalue weighted by atomic mass is 9.93. The molecular weight excluding hydrogens is 486 g/mol. The molecule has 9 nitrogen and oxygen atoms in total. The zero-order valence-electron chi connectivity index (χ0n) is 22.4. The normalized spacial score (nSPS) is 13.8. The predicted octanol–water partition coefficient (Wildman–Crippen LogP) is 3.69. The van der Waals surface area contributed by atoms with Crippen LogP contribution in [0.5, 0.6) is 5.75 Å². The number of allylic oxidation sites excluding steroid dienone is 1. The summed E-state index contributed by atoms with van der Waals surface area (Å²) in [5, 5.41) is 2.55. The Morgan fingerprint density at radius 2 is 1.79 bits per heavy atom. The molecule has 38 heavy (non-hydrogen) atoms. The monoisotopic (exact) mass is 519 g/mol. The first kappa shape index (κ1) is 28.2. The molecule has 0 aromatic heterocycles. The Balaban J connectivity index is 0.000000436. The van der Waals surface area contributed by atoms with Gasteiger partial charge in [-0.2, -0.15) is 0 Å². The Kier molecular flexibility index (Phi) is 8.40. The maximum Gasteiger partial charge on any atom is 0.353 e. The second-order valence-electron chi connectivity index (χ2n) is 9.79. The van der Waals surface area contributed by atoms with Gasteiger partial charge in [-0.05, 0) is 34.9 Å². The van der Waals surface area contributed by atoms with Crippen LogP contribution in [0.15, 0.2) is 61.0 Å². The van der Waals surface area contributed by atoms with Gasteiger partial charge in [0, 0.05) is 18.0 Å². The summed E-state index contributed by atoms with van der Waals surface area (Å²) in [6.07, 6.45) is 0.593. The van der Waals surface area contributed by atoms with Gasteiger partial charge >= 0.3 is 5.97 Å². The zero-order chi connectivity index (χ0) is 28.2. The number of hydrogen-bond donors (Lipinski definition) is 1. The van der Waals surface area contributed by atoms with Crippen molar-refractivity contribution in [3.05, 3.63) is 72.1 Å². The Labute approximate surface area is 222 Å². The summed E-state index contributed by atoms with van der Waals surface area (Å²) in [7, 11) is 2.92. The maximum absolute atomic E-state index is 13.0. The fourth-order valence-corrected chi connectivity index (χ4v) is 4.13. The molecule has 0 saturated heterocycles. The summed E-state index contributed by atoms with van der Waals surface area (Å²) in [6.45, 7) is 14.0. The van der Waals surface area contributed by atoms with Gasteiger partial charge in [-0.3, -0.25) is 14.4 Å². The van der Waals surface area contributed by atoms with Crippen LogP contribution in [-0.2, 0) is 25.7 Å². The van der Waals surface area contributed by atoms with E-state index in [2.05, 4.69) is 23.2 Å². The van der Waals surface area contributed by atoms with Crippen LogP contribution in [0.25, 0.3) is 11.1 Å². The van der Waals surface area contributed by atoms with Crippen LogP contribution in [0.3, 0.4) is 0 Å². The summed E-state index contributed by atoms with van der Waals surface area (Å²) in [5.41, 5.74) is 3.81. The number of carbonyl (C=O) groups is 4. The number of carbonyl (C=O) groups excluding carboxylic acids is 4. The molecule has 2 amide bonds. The van der Waals surface area contributed by atoms with Crippen LogP contribution < -0.4 is 15.0 Å². The number of methoxy groups -OCH3 is 1. The first-order valence-corrected chi connectivity index (χ1v) is 12.1. The number of likely N-dealkylation sites (N-methyl/N-ethyl adjacent to an activating group) is 1. The molecule has 2 aromatic rings. The van der Waals surface area contributed by atoms with Gasteiger partial charge in [-0.15, -0.1) is 0 Å². The standard InChI is InChI=1S/C24H24N2O4.C5H9NO2/c1-15(14-27)26-13-19-17(6-5-7-18(19)22(26)28)16-8-9-21-20(12-16)25(10-11-30-21)23(29)24(2,3)4;1-4(6-2)5(7)8-3/h5-9,12,14H,1,10-11,13H2,2-4H3;6H,1H2,2-3H3. The number of benzene rings is 2. The van der Waals surface area contributed by atoms with E-state index in [4.69, 9.17) is 4.74 Å². The van der Waals surface area contributed by atoms with Crippen LogP contribution in [0.1, 0.15) is 36.7 Å². The molecule has 200 valence electrons. The summed E-state index contributed by atoms with van der Waals surface area (Å²) < 4.78 is 10.1. The topological polar surface area (TPSA) is 105 Å². The van der Waals surface area contributed by atoms with Crippen LogP contribution in [0, 0.1) is 5.41 Å². The number of rotatable bonds is 5. The molecule has 0 spiro atoms. The first-order valence-electron chi connectivity index (χ1n) is 12.1. The number of fused-ring (bicyclic) bond motifs is 2. The second kappa shape index (κ2) is 11.3. The van der Waals surface area contributed by atoms with E-state index in [9.17, 15) is 19.2 Å². The highest BCUT2D eigenvalue weighted by Gasteiger charge is 2.34. The Hall–Kier alpha value is -4.40. The smallest absolute Gasteiger partial charge is 0.353 e. The number of hydrogen-bond acceptors (Lipinski definition) is 7. The van der Waals surface area contributed by atoms with E-state index in [1.54, 1.807) is 18.0 Å². The van der Waals surface area contributed by atoms with Gasteiger partial charge < -0.3 is 24.6 Å². The van der Waals surface area contributed by atoms with E-state index in [1.165, 1.54) is 12.0 Å². The van der Waals surface area contributed by atoms with E-state index in [0.717, 1.165) is 22.4 Å². The Morgan fingerprint density at radius 1 is 1.11 bits per heavy atom. The van der Waals surface area contributed by atoms with Crippen LogP contribution >= 0.6 is 0 Å². The van der Waals surface area contributed by atoms with Crippen molar-refractivity contribution in [1.82, 2.24) is 10.2 Å². The molecule has 0 bridgehead atoms. The number of amides is 2. The van der Waals surface area contributed by atoms with Crippen molar-refractivity contribution in [3.8, 4) is 16.9 Å². The molecule has 0 saturated carbocycles. The fourth-order valence-electron chi connectivity index (χ4n) is 4.13. The fraction of sp³-hybridized carbons (Fsp3) is 0.310. The van der Waals surface area contributed by atoms with Crippen LogP contribution in [-0.4, -0.2) is 56.3 Å². The third-order valence-electron chi connectivity index (χ3n) is 6.20. The van der Waals surface area contributed by atoms with Gasteiger partial charge in [0.15, 0.2) is 6.29 Å². The van der Waals surface area contributed by atoms with Gasteiger partial charge in [0.25, 0.3) is 5.91 Å². The van der Waals surface area contributed by atoms with Crippen molar-refractivity contribution in [2.24, 2.45) is 5.41 Å². The molecule has 0 fully saturated rings. The first-order chi connectivity index (χ1) is 17.9. The third-order valence-corrected chi connectivity index (χ3v) is 6.20. The highest BCUT2D eigenvalue weighted by molar-refractivity contribution is 6.04. The molecule has 2 aliphatic heterocycles. The van der Waals surface area contributed by atoms with Crippen LogP contribution in [0.4, 0.5) is 5.69 Å². The van der Waals surface area contributed by atoms with Crippen molar-refractivity contribution in [2.75, 3.05) is 32.2 Å². The second-order valence-corrected chi connectivity index (χ2v) is 9.79. The number of anilines is 1. The van der Waals surface area contributed by atoms with Gasteiger partial charge in [0.2, 0.25) is 5.91 Å². The molecule has 2 heterocycles. The average Bonchev–Trinajstić information content (AvgIpc) is 3.26. The number of nitrogens with one attached hydrogen (secondary N) is 1. The van der Waals surface area contributed by atoms with Gasteiger partial charge in [0.1, 0.15) is 18.1 Å². The number of nitrogens with zero attached hydrogens (tertiary/aromatic N) is 2. The lowest BCUT2D eigenvalue weighted by Gasteiger charge is -2.34. The predicted molar refractivity (Wildman–Crippen MR) is 144 cm³/mol. The van der Waals surface area contributed by atoms with Crippen molar-refractivity contribution < 1.29 is 28.7 Å². The molecule has 4 rings (SSSR count). The molecule has 1 N–H and O–H groups in total. The summed E-state index contributed by atoms with van der Waals surface area (Å²) in [6, 6.07) is 11.3. The van der Waals surface area contributed by atoms with E-state index < -0.39 is 11.4 Å². The molecule has 9 heteroatoms. The zero-order valence-corrected chi connectivity index (χ0v) is 22.4. The Bertz CT molecular complexity index is 1290. The molecule has 0 radical (unpaired) electrons. The average molecular weight is 520 g/mol. The van der Waals surface area contributed by atoms with Crippen molar-refractivity contribution in [3.63, 3.8) is 0 Å². The Morgan fingerprint density at radius 3 is 2.37 bits per heavy atom. The highest BCUT2D eigenvalue weighted by atomic mass is 16.5. The lowest BCUT2D eigenvalue weighted by Crippen LogP contribution is -2.44. The minimum absolute atomic E-state index is 0.0334. The summed E-state index contributed by atoms with van der Waals surface area (Å²) in [5.74, 6) is 0.0515. The van der Waals surface area contributed by atoms with Gasteiger partial charge in [-0.25, -0.2) is 4.79 Å². The number of aldehydes is 1. The lowest BCUT2D eigenvalue weighted by molar-refractivity contribution is -0.136. The summed E-state index contributed by atoms with van der Waals surface area (Å²) in [4.78, 5) is 50.3. The number of esters is 1. The highest BCUT2D eigenvalue weighted by Crippen LogP contribution is 2.40. The minimum atomic E-state index is -0.513. The quantitative estimate of drug-likeness (QED) is 0.365. The maximum atomic E-state index is 13.0. The van der Waals surface area contributed by atoms with Crippen molar-refractivity contribution >= 4 is 29.8 Å². The van der Waals surface area contributed by atoms with Crippen molar-refractivity contribution in [1.29, 1.82) is 0 Å². The molecule has 0 aliphatic carbocycles. The van der Waals surface area contributed by atoms with E-state index in [1.807, 2.05) is 51.1 Å². The van der Waals surface area contributed by atoms with E-state index >= 15 is 0 Å². The van der Waals surface area contributed by atoms with E-state index in [-0.39, 0.29) is 23.2 Å². The largest absolute Gasteiger partial charge is 0.490 e. The van der Waals surface area contributed by atoms with Crippen molar-refractivity contribution in [2.45, 2.75) is 27.3 Å². The summed E-state index contributed by atoms with van der Waals surface area (Å²) >= 11 is 0. The van der Waals surface area contributed by atoms with Crippen LogP contribution in [0.2, 0.25) is 0 Å². The SMILES string of the molecule is C=C(C=O)N1Cc2c(cccc2-c2ccc3c(c2)N(C(=O)C(C)(C)C)CCO3)C1=O.C=C(NC)C(=O)OC. The molecule has 2 aliphatic rings. The molecule has 0 unspecified atom stereocenters. The number of ether oxygens (including phenoxy) is 2. The minimum Gasteiger partial charge on any atom is -0.490 e.